The van der Waals surface area contributed by atoms with Crippen LogP contribution in [-0.2, 0) is 11.2 Å². The van der Waals surface area contributed by atoms with E-state index < -0.39 is 5.97 Å². The molecule has 0 spiro atoms. The minimum absolute atomic E-state index is 0.134. The number of fused-ring (bicyclic) bond motifs is 3. The monoisotopic (exact) mass is 574 g/mol. The van der Waals surface area contributed by atoms with Crippen molar-refractivity contribution in [3.63, 3.8) is 0 Å². The van der Waals surface area contributed by atoms with E-state index in [1.54, 1.807) is 36.0 Å². The van der Waals surface area contributed by atoms with Gasteiger partial charge in [-0.3, -0.25) is 9.36 Å². The first-order chi connectivity index (χ1) is 20.6. The third kappa shape index (κ3) is 4.31. The van der Waals surface area contributed by atoms with Gasteiger partial charge in [0.2, 0.25) is 0 Å². The van der Waals surface area contributed by atoms with Gasteiger partial charge >= 0.3 is 5.97 Å². The maximum atomic E-state index is 14.1. The molecular formula is C34H26N2O5S. The first-order valence-corrected chi connectivity index (χ1v) is 14.4. The van der Waals surface area contributed by atoms with Gasteiger partial charge in [0.15, 0.2) is 4.80 Å². The number of hydrogen-bond acceptors (Lipinski definition) is 7. The van der Waals surface area contributed by atoms with Crippen molar-refractivity contribution >= 4 is 29.1 Å². The van der Waals surface area contributed by atoms with E-state index in [0.717, 1.165) is 46.6 Å². The molecule has 0 radical (unpaired) electrons. The maximum Gasteiger partial charge on any atom is 0.337 e. The molecule has 3 heterocycles. The van der Waals surface area contributed by atoms with E-state index in [2.05, 4.69) is 18.2 Å². The second kappa shape index (κ2) is 10.5. The van der Waals surface area contributed by atoms with Gasteiger partial charge in [0.05, 0.1) is 36.1 Å². The van der Waals surface area contributed by atoms with Crippen LogP contribution in [0.5, 0.6) is 5.75 Å². The van der Waals surface area contributed by atoms with Gasteiger partial charge in [-0.15, -0.1) is 0 Å². The van der Waals surface area contributed by atoms with E-state index in [4.69, 9.17) is 18.9 Å². The molecule has 0 saturated heterocycles. The molecule has 2 aliphatic rings. The Morgan fingerprint density at radius 3 is 2.69 bits per heavy atom. The Bertz CT molecular complexity index is 2080. The Morgan fingerprint density at radius 1 is 1.00 bits per heavy atom. The lowest BCUT2D eigenvalue weighted by Crippen LogP contribution is -2.38. The van der Waals surface area contributed by atoms with Gasteiger partial charge in [0.25, 0.3) is 5.56 Å². The standard InChI is InChI=1S/C34H26N2O5S/c1-39-28-13-6-5-12-25(28)31-26-16-14-20-8-3-4-11-24(20)30(26)35-34-36(31)32(37)29(42-34)19-23-15-17-27(41-23)21-9-7-10-22(18-21)33(38)40-2/h3-13,15,17-19,31H,14,16H2,1-2H3/b29-19-/t31-/m1/s1. The number of benzene rings is 3. The Morgan fingerprint density at radius 2 is 1.83 bits per heavy atom. The van der Waals surface area contributed by atoms with Crippen LogP contribution in [0.25, 0.3) is 23.1 Å². The number of aryl methyl sites for hydroxylation is 1. The molecule has 2 aromatic heterocycles. The lowest BCUT2D eigenvalue weighted by molar-refractivity contribution is 0.0601. The summed E-state index contributed by atoms with van der Waals surface area (Å²) in [6.45, 7) is 0. The van der Waals surface area contributed by atoms with Crippen molar-refractivity contribution in [3.05, 3.63) is 138 Å². The predicted molar refractivity (Wildman–Crippen MR) is 161 cm³/mol. The highest BCUT2D eigenvalue weighted by Gasteiger charge is 2.34. The van der Waals surface area contributed by atoms with Gasteiger partial charge < -0.3 is 13.9 Å². The molecule has 8 heteroatoms. The van der Waals surface area contributed by atoms with Gasteiger partial charge in [-0.2, -0.15) is 0 Å². The number of aromatic nitrogens is 1. The minimum atomic E-state index is -0.417. The molecule has 7 rings (SSSR count). The summed E-state index contributed by atoms with van der Waals surface area (Å²) < 4.78 is 19.0. The molecule has 208 valence electrons. The lowest BCUT2D eigenvalue weighted by atomic mass is 9.83. The number of carbonyl (C=O) groups excluding carboxylic acids is 1. The van der Waals surface area contributed by atoms with Crippen molar-refractivity contribution in [1.29, 1.82) is 0 Å². The van der Waals surface area contributed by atoms with Gasteiger partial charge in [-0.05, 0) is 54.3 Å². The number of nitrogens with zero attached hydrogens (tertiary/aromatic N) is 2. The zero-order valence-electron chi connectivity index (χ0n) is 23.0. The average Bonchev–Trinajstić information content (AvgIpc) is 3.63. The highest BCUT2D eigenvalue weighted by molar-refractivity contribution is 7.07. The van der Waals surface area contributed by atoms with Crippen molar-refractivity contribution in [2.45, 2.75) is 18.9 Å². The first-order valence-electron chi connectivity index (χ1n) is 13.6. The van der Waals surface area contributed by atoms with Crippen molar-refractivity contribution in [2.24, 2.45) is 4.99 Å². The van der Waals surface area contributed by atoms with Crippen LogP contribution in [0.3, 0.4) is 0 Å². The van der Waals surface area contributed by atoms with Crippen LogP contribution in [0.15, 0.2) is 105 Å². The van der Waals surface area contributed by atoms with E-state index >= 15 is 0 Å². The highest BCUT2D eigenvalue weighted by atomic mass is 32.1. The molecule has 0 N–H and O–H groups in total. The second-order valence-electron chi connectivity index (χ2n) is 10.1. The predicted octanol–water partition coefficient (Wildman–Crippen LogP) is 5.37. The lowest BCUT2D eigenvalue weighted by Gasteiger charge is -2.31. The topological polar surface area (TPSA) is 83.0 Å². The number of para-hydroxylation sites is 1. The van der Waals surface area contributed by atoms with Gasteiger partial charge in [-0.25, -0.2) is 9.79 Å². The molecule has 1 aliphatic heterocycles. The molecule has 1 atom stereocenters. The number of hydrogen-bond donors (Lipinski definition) is 0. The van der Waals surface area contributed by atoms with Crippen molar-refractivity contribution in [3.8, 4) is 17.1 Å². The van der Waals surface area contributed by atoms with Crippen molar-refractivity contribution < 1.29 is 18.7 Å². The number of allylic oxidation sites excluding steroid dienone is 1. The molecule has 0 bridgehead atoms. The van der Waals surface area contributed by atoms with Crippen LogP contribution in [-0.4, -0.2) is 24.8 Å². The SMILES string of the molecule is COC(=O)c1cccc(-c2ccc(/C=c3\sc4n(c3=O)[C@H](c3ccccc3OC)C3=C(N=4)c4ccccc4CC3)o2)c1. The van der Waals surface area contributed by atoms with E-state index in [-0.39, 0.29) is 11.6 Å². The highest BCUT2D eigenvalue weighted by Crippen LogP contribution is 2.43. The van der Waals surface area contributed by atoms with E-state index in [1.807, 2.05) is 48.5 Å². The molecule has 42 heavy (non-hydrogen) atoms. The van der Waals surface area contributed by atoms with Crippen LogP contribution in [0.2, 0.25) is 0 Å². The first kappa shape index (κ1) is 26.0. The zero-order chi connectivity index (χ0) is 28.8. The summed E-state index contributed by atoms with van der Waals surface area (Å²) in [5.74, 6) is 1.43. The number of ether oxygens (including phenoxy) is 2. The van der Waals surface area contributed by atoms with Gasteiger partial charge in [-0.1, -0.05) is 65.9 Å². The molecule has 0 amide bonds. The Kier molecular flexibility index (Phi) is 6.47. The number of thiazole rings is 1. The number of rotatable bonds is 5. The number of furan rings is 1. The number of carbonyl (C=O) groups is 1. The van der Waals surface area contributed by atoms with Gasteiger partial charge in [0, 0.05) is 22.8 Å². The molecule has 0 fully saturated rings. The summed E-state index contributed by atoms with van der Waals surface area (Å²) in [6, 6.07) is 26.6. The Hall–Kier alpha value is -4.95. The smallest absolute Gasteiger partial charge is 0.337 e. The fourth-order valence-corrected chi connectivity index (χ4v) is 6.80. The Balaban J connectivity index is 1.37. The normalized spacial score (nSPS) is 15.9. The largest absolute Gasteiger partial charge is 0.496 e. The molecule has 7 nitrogen and oxygen atoms in total. The molecule has 0 saturated carbocycles. The number of methoxy groups -OCH3 is 2. The van der Waals surface area contributed by atoms with Crippen LogP contribution < -0.4 is 19.6 Å². The van der Waals surface area contributed by atoms with Crippen LogP contribution in [0.4, 0.5) is 0 Å². The average molecular weight is 575 g/mol. The molecule has 1 aliphatic carbocycles. The van der Waals surface area contributed by atoms with Gasteiger partial charge in [0.1, 0.15) is 17.3 Å². The summed E-state index contributed by atoms with van der Waals surface area (Å²) >= 11 is 1.35. The summed E-state index contributed by atoms with van der Waals surface area (Å²) in [5.41, 5.74) is 6.39. The van der Waals surface area contributed by atoms with E-state index in [9.17, 15) is 9.59 Å². The van der Waals surface area contributed by atoms with Crippen LogP contribution >= 0.6 is 11.3 Å². The van der Waals surface area contributed by atoms with Crippen LogP contribution in [0, 0.1) is 0 Å². The molecular weight excluding hydrogens is 548 g/mol. The third-order valence-corrected chi connectivity index (χ3v) is 8.76. The molecule has 3 aromatic carbocycles. The minimum Gasteiger partial charge on any atom is -0.496 e. The molecule has 0 unspecified atom stereocenters. The summed E-state index contributed by atoms with van der Waals surface area (Å²) in [4.78, 5) is 31.8. The summed E-state index contributed by atoms with van der Waals surface area (Å²) in [7, 11) is 3.01. The van der Waals surface area contributed by atoms with E-state index in [1.165, 1.54) is 24.0 Å². The summed E-state index contributed by atoms with van der Waals surface area (Å²) in [6.07, 6.45) is 3.44. The summed E-state index contributed by atoms with van der Waals surface area (Å²) in [5, 5.41) is 0. The maximum absolute atomic E-state index is 14.1. The van der Waals surface area contributed by atoms with Crippen molar-refractivity contribution in [1.82, 2.24) is 4.57 Å². The fraction of sp³-hybridized carbons (Fsp3) is 0.147. The third-order valence-electron chi connectivity index (χ3n) is 7.77. The zero-order valence-corrected chi connectivity index (χ0v) is 23.8. The van der Waals surface area contributed by atoms with E-state index in [0.29, 0.717) is 26.4 Å². The second-order valence-corrected chi connectivity index (χ2v) is 11.1. The van der Waals surface area contributed by atoms with Crippen molar-refractivity contribution in [2.75, 3.05) is 14.2 Å². The Labute approximate surface area is 245 Å². The molecule has 5 aromatic rings. The fourth-order valence-electron chi connectivity index (χ4n) is 5.82. The van der Waals surface area contributed by atoms with Crippen LogP contribution in [0.1, 0.15) is 45.3 Å². The quantitative estimate of drug-likeness (QED) is 0.264. The number of esters is 1.